The van der Waals surface area contributed by atoms with Crippen molar-refractivity contribution in [1.29, 1.82) is 0 Å². The highest BCUT2D eigenvalue weighted by molar-refractivity contribution is 5.89. The van der Waals surface area contributed by atoms with E-state index in [2.05, 4.69) is 5.10 Å². The van der Waals surface area contributed by atoms with Gasteiger partial charge in [0.15, 0.2) is 0 Å². The van der Waals surface area contributed by atoms with Gasteiger partial charge in [-0.25, -0.2) is 0 Å². The fraction of sp³-hybridized carbons (Fsp3) is 0.273. The number of hydrogen-bond donors (Lipinski definition) is 0. The van der Waals surface area contributed by atoms with Crippen molar-refractivity contribution in [2.75, 3.05) is 0 Å². The van der Waals surface area contributed by atoms with Crippen LogP contribution in [0.4, 0.5) is 0 Å². The number of nitrogens with zero attached hydrogens (tertiary/aromatic N) is 2. The topological polar surface area (TPSA) is 44.1 Å². The number of carbonyl (C=O) groups excluding carboxylic acids is 1. The summed E-state index contributed by atoms with van der Waals surface area (Å²) in [5.41, 5.74) is 3.35. The number of aromatic nitrogens is 2. The first-order chi connectivity index (χ1) is 12.6. The predicted molar refractivity (Wildman–Crippen MR) is 107 cm³/mol. The summed E-state index contributed by atoms with van der Waals surface area (Å²) >= 11 is 0. The van der Waals surface area contributed by atoms with Gasteiger partial charge in [-0.1, -0.05) is 60.7 Å². The van der Waals surface area contributed by atoms with E-state index in [1.54, 1.807) is 0 Å². The molecule has 0 N–H and O–H groups in total. The lowest BCUT2D eigenvalue weighted by atomic mass is 9.72. The zero-order valence-electron chi connectivity index (χ0n) is 15.5. The summed E-state index contributed by atoms with van der Waals surface area (Å²) in [4.78, 5) is 13.1. The van der Waals surface area contributed by atoms with Crippen LogP contribution >= 0.6 is 12.4 Å². The molecule has 1 aromatic heterocycles. The molecule has 0 bridgehead atoms. The van der Waals surface area contributed by atoms with Crippen LogP contribution in [0.15, 0.2) is 66.9 Å². The Kier molecular flexibility index (Phi) is 5.38. The van der Waals surface area contributed by atoms with E-state index in [0.717, 1.165) is 22.4 Å². The van der Waals surface area contributed by atoms with E-state index < -0.39 is 5.41 Å². The quantitative estimate of drug-likeness (QED) is 0.634. The fourth-order valence-corrected chi connectivity index (χ4v) is 3.82. The second-order valence-electron chi connectivity index (χ2n) is 6.99. The molecule has 0 saturated carbocycles. The van der Waals surface area contributed by atoms with Gasteiger partial charge in [0.05, 0.1) is 12.2 Å². The van der Waals surface area contributed by atoms with Crippen LogP contribution in [-0.4, -0.2) is 21.9 Å². The first-order valence-electron chi connectivity index (χ1n) is 8.92. The SMILES string of the molecule is Cc1cn(CC2CC(c3ccccc3)(c3ccccc3)C(=O)O2)nc1C.Cl. The van der Waals surface area contributed by atoms with Crippen molar-refractivity contribution < 1.29 is 9.53 Å². The van der Waals surface area contributed by atoms with Gasteiger partial charge in [-0.05, 0) is 30.5 Å². The van der Waals surface area contributed by atoms with Crippen LogP contribution in [0.3, 0.4) is 0 Å². The molecule has 27 heavy (non-hydrogen) atoms. The zero-order valence-corrected chi connectivity index (χ0v) is 16.3. The number of cyclic esters (lactones) is 1. The summed E-state index contributed by atoms with van der Waals surface area (Å²) in [5.74, 6) is -0.180. The maximum absolute atomic E-state index is 13.1. The van der Waals surface area contributed by atoms with E-state index in [0.29, 0.717) is 13.0 Å². The number of rotatable bonds is 4. The molecule has 1 aliphatic rings. The number of aryl methyl sites for hydroxylation is 2. The number of hydrogen-bond acceptors (Lipinski definition) is 3. The third kappa shape index (κ3) is 3.37. The van der Waals surface area contributed by atoms with E-state index in [1.165, 1.54) is 0 Å². The van der Waals surface area contributed by atoms with Crippen LogP contribution in [-0.2, 0) is 21.5 Å². The lowest BCUT2D eigenvalue weighted by Crippen LogP contribution is -2.33. The minimum atomic E-state index is -0.759. The Morgan fingerprint density at radius 3 is 2.07 bits per heavy atom. The maximum Gasteiger partial charge on any atom is 0.321 e. The van der Waals surface area contributed by atoms with E-state index >= 15 is 0 Å². The van der Waals surface area contributed by atoms with Crippen molar-refractivity contribution in [3.63, 3.8) is 0 Å². The molecule has 1 atom stereocenters. The normalized spacial score (nSPS) is 18.0. The predicted octanol–water partition coefficient (Wildman–Crippen LogP) is 4.22. The van der Waals surface area contributed by atoms with Gasteiger partial charge >= 0.3 is 5.97 Å². The Labute approximate surface area is 165 Å². The molecule has 0 spiro atoms. The Bertz CT molecular complexity index is 863. The molecule has 2 heterocycles. The maximum atomic E-state index is 13.1. The van der Waals surface area contributed by atoms with Gasteiger partial charge in [-0.15, -0.1) is 12.4 Å². The van der Waals surface area contributed by atoms with Gasteiger partial charge in [-0.3, -0.25) is 9.48 Å². The molecular formula is C22H23ClN2O2. The van der Waals surface area contributed by atoms with E-state index in [4.69, 9.17) is 4.74 Å². The van der Waals surface area contributed by atoms with Crippen LogP contribution in [0.25, 0.3) is 0 Å². The summed E-state index contributed by atoms with van der Waals surface area (Å²) in [6, 6.07) is 19.9. The Hall–Kier alpha value is -2.59. The second kappa shape index (κ2) is 7.57. The van der Waals surface area contributed by atoms with Crippen LogP contribution < -0.4 is 0 Å². The first kappa shape index (κ1) is 19.2. The van der Waals surface area contributed by atoms with E-state index in [1.807, 2.05) is 85.4 Å². The van der Waals surface area contributed by atoms with Crippen molar-refractivity contribution >= 4 is 18.4 Å². The lowest BCUT2D eigenvalue weighted by Gasteiger charge is -2.26. The zero-order chi connectivity index (χ0) is 18.1. The minimum absolute atomic E-state index is 0. The third-order valence-corrected chi connectivity index (χ3v) is 5.27. The molecule has 1 fully saturated rings. The van der Waals surface area contributed by atoms with Crippen molar-refractivity contribution in [2.24, 2.45) is 0 Å². The highest BCUT2D eigenvalue weighted by atomic mass is 35.5. The van der Waals surface area contributed by atoms with Crippen molar-refractivity contribution in [3.05, 3.63) is 89.2 Å². The molecule has 4 rings (SSSR count). The van der Waals surface area contributed by atoms with Gasteiger partial charge in [0.25, 0.3) is 0 Å². The average Bonchev–Trinajstić information content (AvgIpc) is 3.16. The molecule has 1 unspecified atom stereocenters. The second-order valence-corrected chi connectivity index (χ2v) is 6.99. The van der Waals surface area contributed by atoms with E-state index in [-0.39, 0.29) is 24.5 Å². The molecule has 1 saturated heterocycles. The lowest BCUT2D eigenvalue weighted by molar-refractivity contribution is -0.145. The molecule has 0 aliphatic carbocycles. The van der Waals surface area contributed by atoms with Gasteiger partial charge in [0, 0.05) is 12.6 Å². The number of benzene rings is 2. The highest BCUT2D eigenvalue weighted by Gasteiger charge is 2.51. The van der Waals surface area contributed by atoms with Crippen LogP contribution in [0.5, 0.6) is 0 Å². The average molecular weight is 383 g/mol. The smallest absolute Gasteiger partial charge is 0.321 e. The first-order valence-corrected chi connectivity index (χ1v) is 8.92. The number of halogens is 1. The number of carbonyl (C=O) groups is 1. The summed E-state index contributed by atoms with van der Waals surface area (Å²) in [6.07, 6.45) is 2.41. The number of ether oxygens (including phenoxy) is 1. The van der Waals surface area contributed by atoms with Crippen LogP contribution in [0, 0.1) is 13.8 Å². The molecule has 5 heteroatoms. The van der Waals surface area contributed by atoms with Gasteiger partial charge < -0.3 is 4.74 Å². The molecule has 0 amide bonds. The Morgan fingerprint density at radius 2 is 1.59 bits per heavy atom. The van der Waals surface area contributed by atoms with E-state index in [9.17, 15) is 4.79 Å². The van der Waals surface area contributed by atoms with Gasteiger partial charge in [0.2, 0.25) is 0 Å². The molecule has 3 aromatic rings. The van der Waals surface area contributed by atoms with Crippen molar-refractivity contribution in [3.8, 4) is 0 Å². The highest BCUT2D eigenvalue weighted by Crippen LogP contribution is 2.43. The Balaban J connectivity index is 0.00000210. The Morgan fingerprint density at radius 1 is 1.04 bits per heavy atom. The summed E-state index contributed by atoms with van der Waals surface area (Å²) in [6.45, 7) is 4.60. The molecule has 0 radical (unpaired) electrons. The largest absolute Gasteiger partial charge is 0.459 e. The fourth-order valence-electron chi connectivity index (χ4n) is 3.82. The molecular weight excluding hydrogens is 360 g/mol. The van der Waals surface area contributed by atoms with Crippen molar-refractivity contribution in [2.45, 2.75) is 38.3 Å². The summed E-state index contributed by atoms with van der Waals surface area (Å²) in [7, 11) is 0. The summed E-state index contributed by atoms with van der Waals surface area (Å²) in [5, 5.41) is 4.52. The third-order valence-electron chi connectivity index (χ3n) is 5.27. The molecule has 140 valence electrons. The van der Waals surface area contributed by atoms with Crippen molar-refractivity contribution in [1.82, 2.24) is 9.78 Å². The monoisotopic (exact) mass is 382 g/mol. The molecule has 4 nitrogen and oxygen atoms in total. The van der Waals surface area contributed by atoms with Gasteiger partial charge in [0.1, 0.15) is 11.5 Å². The minimum Gasteiger partial charge on any atom is -0.459 e. The van der Waals surface area contributed by atoms with Crippen LogP contribution in [0.2, 0.25) is 0 Å². The summed E-state index contributed by atoms with van der Waals surface area (Å²) < 4.78 is 7.72. The van der Waals surface area contributed by atoms with Gasteiger partial charge in [-0.2, -0.15) is 5.10 Å². The number of esters is 1. The molecule has 2 aromatic carbocycles. The standard InChI is InChI=1S/C22H22N2O2.ClH/c1-16-14-24(23-17(16)2)15-20-13-22(21(25)26-20,18-9-5-3-6-10-18)19-11-7-4-8-12-19;/h3-12,14,20H,13,15H2,1-2H3;1H. The molecule has 1 aliphatic heterocycles. The van der Waals surface area contributed by atoms with Crippen LogP contribution in [0.1, 0.15) is 28.8 Å².